The number of nitrogens with one attached hydrogen (secondary N) is 1. The quantitative estimate of drug-likeness (QED) is 0.777. The maximum Gasteiger partial charge on any atom is 0.259 e. The first-order valence-electron chi connectivity index (χ1n) is 4.65. The van der Waals surface area contributed by atoms with Gasteiger partial charge in [0.15, 0.2) is 0 Å². The number of hydrogen-bond donors (Lipinski definition) is 1. The van der Waals surface area contributed by atoms with E-state index in [0.29, 0.717) is 0 Å². The first-order valence-corrected chi connectivity index (χ1v) is 4.65. The molecule has 0 radical (unpaired) electrons. The molecule has 0 saturated heterocycles. The van der Waals surface area contributed by atoms with Gasteiger partial charge >= 0.3 is 0 Å². The minimum absolute atomic E-state index is 0.0260. The molecule has 0 unspecified atom stereocenters. The standard InChI is InChI=1S/C11H16N2O/c1-5-6-13-10(12-4)8(2)7-9(3)11(13)14/h5-7,12H,1-4H3/b6-5-. The molecule has 1 rings (SSSR count). The minimum Gasteiger partial charge on any atom is -0.374 e. The van der Waals surface area contributed by atoms with Gasteiger partial charge in [-0.25, -0.2) is 0 Å². The summed E-state index contributed by atoms with van der Waals surface area (Å²) in [6, 6.07) is 1.90. The summed E-state index contributed by atoms with van der Waals surface area (Å²) < 4.78 is 1.63. The molecule has 0 amide bonds. The van der Waals surface area contributed by atoms with Crippen LogP contribution >= 0.6 is 0 Å². The fourth-order valence-corrected chi connectivity index (χ4v) is 1.55. The molecule has 0 spiro atoms. The first kappa shape index (κ1) is 10.6. The lowest BCUT2D eigenvalue weighted by Gasteiger charge is -2.12. The van der Waals surface area contributed by atoms with Crippen LogP contribution in [-0.4, -0.2) is 11.6 Å². The summed E-state index contributed by atoms with van der Waals surface area (Å²) in [4.78, 5) is 11.8. The Balaban J connectivity index is 3.56. The maximum atomic E-state index is 11.8. The molecule has 0 fully saturated rings. The molecule has 0 saturated carbocycles. The number of allylic oxidation sites excluding steroid dienone is 1. The van der Waals surface area contributed by atoms with Gasteiger partial charge in [-0.1, -0.05) is 6.08 Å². The molecule has 1 aromatic heterocycles. The molecule has 76 valence electrons. The van der Waals surface area contributed by atoms with Crippen LogP contribution < -0.4 is 10.9 Å². The fourth-order valence-electron chi connectivity index (χ4n) is 1.55. The van der Waals surface area contributed by atoms with Crippen LogP contribution in [0.5, 0.6) is 0 Å². The predicted octanol–water partition coefficient (Wildman–Crippen LogP) is 2.00. The Morgan fingerprint density at radius 1 is 1.36 bits per heavy atom. The highest BCUT2D eigenvalue weighted by Gasteiger charge is 2.05. The molecule has 1 N–H and O–H groups in total. The van der Waals surface area contributed by atoms with Crippen LogP contribution in [0.2, 0.25) is 0 Å². The minimum atomic E-state index is 0.0260. The summed E-state index contributed by atoms with van der Waals surface area (Å²) in [6.07, 6.45) is 3.62. The van der Waals surface area contributed by atoms with Crippen LogP contribution in [0.25, 0.3) is 6.20 Å². The van der Waals surface area contributed by atoms with Crippen LogP contribution in [0.3, 0.4) is 0 Å². The molecular weight excluding hydrogens is 176 g/mol. The molecule has 0 aliphatic rings. The number of nitrogens with zero attached hydrogens (tertiary/aromatic N) is 1. The second-order valence-corrected chi connectivity index (χ2v) is 3.27. The zero-order valence-electron chi connectivity index (χ0n) is 9.09. The van der Waals surface area contributed by atoms with E-state index in [1.807, 2.05) is 40.0 Å². The molecule has 3 heteroatoms. The van der Waals surface area contributed by atoms with Crippen molar-refractivity contribution in [1.82, 2.24) is 4.57 Å². The van der Waals surface area contributed by atoms with Crippen molar-refractivity contribution in [2.24, 2.45) is 0 Å². The van der Waals surface area contributed by atoms with Gasteiger partial charge in [-0.3, -0.25) is 9.36 Å². The smallest absolute Gasteiger partial charge is 0.259 e. The number of hydrogen-bond acceptors (Lipinski definition) is 2. The molecular formula is C11H16N2O. The molecule has 0 aliphatic heterocycles. The Bertz CT molecular complexity index is 416. The molecule has 0 aliphatic carbocycles. The van der Waals surface area contributed by atoms with Crippen molar-refractivity contribution in [2.45, 2.75) is 20.8 Å². The summed E-state index contributed by atoms with van der Waals surface area (Å²) in [7, 11) is 1.82. The average molecular weight is 192 g/mol. The van der Waals surface area contributed by atoms with Gasteiger partial charge < -0.3 is 5.32 Å². The normalized spacial score (nSPS) is 10.9. The Hall–Kier alpha value is -1.51. The van der Waals surface area contributed by atoms with Gasteiger partial charge in [-0.05, 0) is 32.4 Å². The number of aryl methyl sites for hydroxylation is 2. The fraction of sp³-hybridized carbons (Fsp3) is 0.364. The van der Waals surface area contributed by atoms with Gasteiger partial charge in [0.05, 0.1) is 0 Å². The molecule has 0 atom stereocenters. The molecule has 1 heterocycles. The number of pyridine rings is 1. The van der Waals surface area contributed by atoms with E-state index in [1.165, 1.54) is 0 Å². The second-order valence-electron chi connectivity index (χ2n) is 3.27. The maximum absolute atomic E-state index is 11.8. The lowest BCUT2D eigenvalue weighted by molar-refractivity contribution is 1.01. The van der Waals surface area contributed by atoms with E-state index in [2.05, 4.69) is 5.32 Å². The van der Waals surface area contributed by atoms with E-state index in [4.69, 9.17) is 0 Å². The monoisotopic (exact) mass is 192 g/mol. The van der Waals surface area contributed by atoms with E-state index in [-0.39, 0.29) is 5.56 Å². The number of anilines is 1. The van der Waals surface area contributed by atoms with Crippen molar-refractivity contribution < 1.29 is 0 Å². The number of rotatable bonds is 2. The number of aromatic nitrogens is 1. The van der Waals surface area contributed by atoms with E-state index in [9.17, 15) is 4.79 Å². The SMILES string of the molecule is C/C=C\n1c(NC)c(C)cc(C)c1=O. The summed E-state index contributed by atoms with van der Waals surface area (Å²) in [5.74, 6) is 0.846. The van der Waals surface area contributed by atoms with Crippen molar-refractivity contribution in [1.29, 1.82) is 0 Å². The topological polar surface area (TPSA) is 34.0 Å². The summed E-state index contributed by atoms with van der Waals surface area (Å²) in [5, 5.41) is 3.03. The molecule has 0 aromatic carbocycles. The lowest BCUT2D eigenvalue weighted by atomic mass is 10.2. The van der Waals surface area contributed by atoms with Gasteiger partial charge in [0.2, 0.25) is 0 Å². The largest absolute Gasteiger partial charge is 0.374 e. The molecule has 14 heavy (non-hydrogen) atoms. The predicted molar refractivity (Wildman–Crippen MR) is 60.7 cm³/mol. The lowest BCUT2D eigenvalue weighted by Crippen LogP contribution is -2.21. The Morgan fingerprint density at radius 2 is 2.00 bits per heavy atom. The van der Waals surface area contributed by atoms with Gasteiger partial charge in [-0.15, -0.1) is 0 Å². The van der Waals surface area contributed by atoms with Crippen LogP contribution in [0, 0.1) is 13.8 Å². The average Bonchev–Trinajstić information content (AvgIpc) is 2.14. The zero-order chi connectivity index (χ0) is 10.7. The van der Waals surface area contributed by atoms with E-state index in [1.54, 1.807) is 10.8 Å². The zero-order valence-corrected chi connectivity index (χ0v) is 9.09. The van der Waals surface area contributed by atoms with Crippen molar-refractivity contribution in [2.75, 3.05) is 12.4 Å². The van der Waals surface area contributed by atoms with Crippen molar-refractivity contribution >= 4 is 12.0 Å². The summed E-state index contributed by atoms with van der Waals surface area (Å²) in [5.41, 5.74) is 1.86. The van der Waals surface area contributed by atoms with Gasteiger partial charge in [0.25, 0.3) is 5.56 Å². The third kappa shape index (κ3) is 1.71. The van der Waals surface area contributed by atoms with E-state index < -0.39 is 0 Å². The van der Waals surface area contributed by atoms with Crippen LogP contribution in [0.4, 0.5) is 5.82 Å². The third-order valence-electron chi connectivity index (χ3n) is 2.14. The van der Waals surface area contributed by atoms with Gasteiger partial charge in [0.1, 0.15) is 5.82 Å². The van der Waals surface area contributed by atoms with Crippen LogP contribution in [-0.2, 0) is 0 Å². The molecule has 3 nitrogen and oxygen atoms in total. The second kappa shape index (κ2) is 4.13. The van der Waals surface area contributed by atoms with Crippen molar-refractivity contribution in [3.8, 4) is 0 Å². The van der Waals surface area contributed by atoms with Crippen LogP contribution in [0.15, 0.2) is 16.9 Å². The Kier molecular flexibility index (Phi) is 3.12. The summed E-state index contributed by atoms with van der Waals surface area (Å²) >= 11 is 0. The van der Waals surface area contributed by atoms with Crippen LogP contribution in [0.1, 0.15) is 18.1 Å². The highest BCUT2D eigenvalue weighted by atomic mass is 16.1. The van der Waals surface area contributed by atoms with E-state index >= 15 is 0 Å². The highest BCUT2D eigenvalue weighted by molar-refractivity contribution is 5.51. The van der Waals surface area contributed by atoms with Gasteiger partial charge in [-0.2, -0.15) is 0 Å². The highest BCUT2D eigenvalue weighted by Crippen LogP contribution is 2.12. The van der Waals surface area contributed by atoms with Crippen molar-refractivity contribution in [3.05, 3.63) is 33.6 Å². The van der Waals surface area contributed by atoms with Crippen molar-refractivity contribution in [3.63, 3.8) is 0 Å². The first-order chi connectivity index (χ1) is 6.61. The third-order valence-corrected chi connectivity index (χ3v) is 2.14. The van der Waals surface area contributed by atoms with E-state index in [0.717, 1.165) is 16.9 Å². The Morgan fingerprint density at radius 3 is 2.50 bits per heavy atom. The van der Waals surface area contributed by atoms with Gasteiger partial charge in [0, 0.05) is 18.8 Å². The molecule has 0 bridgehead atoms. The molecule has 1 aromatic rings. The summed E-state index contributed by atoms with van der Waals surface area (Å²) in [6.45, 7) is 5.70. The Labute approximate surface area is 84.1 Å².